The Morgan fingerprint density at radius 2 is 1.78 bits per heavy atom. The van der Waals surface area contributed by atoms with Gasteiger partial charge in [0, 0.05) is 12.1 Å². The van der Waals surface area contributed by atoms with E-state index in [4.69, 9.17) is 11.5 Å². The molecule has 0 aromatic heterocycles. The molecule has 0 saturated heterocycles. The van der Waals surface area contributed by atoms with Gasteiger partial charge in [0.05, 0.1) is 0 Å². The Bertz CT molecular complexity index is 227. The van der Waals surface area contributed by atoms with Gasteiger partial charge >= 0.3 is 0 Å². The Morgan fingerprint density at radius 1 is 1.11 bits per heavy atom. The van der Waals surface area contributed by atoms with Crippen LogP contribution in [0.2, 0.25) is 0 Å². The second-order valence-electron chi connectivity index (χ2n) is 7.15. The normalized spacial score (nSPS) is 32.5. The maximum absolute atomic E-state index is 6.12. The van der Waals surface area contributed by atoms with Crippen molar-refractivity contribution in [1.29, 1.82) is 0 Å². The molecule has 2 heteroatoms. The molecule has 2 nitrogen and oxygen atoms in total. The second kappa shape index (κ2) is 7.49. The molecule has 0 amide bonds. The summed E-state index contributed by atoms with van der Waals surface area (Å²) in [7, 11) is 0. The Balaban J connectivity index is 2.22. The Labute approximate surface area is 114 Å². The van der Waals surface area contributed by atoms with E-state index in [1.165, 1.54) is 38.5 Å². The lowest BCUT2D eigenvalue weighted by atomic mass is 9.75. The van der Waals surface area contributed by atoms with Gasteiger partial charge < -0.3 is 11.5 Å². The van der Waals surface area contributed by atoms with Gasteiger partial charge in [0.25, 0.3) is 0 Å². The van der Waals surface area contributed by atoms with Crippen LogP contribution < -0.4 is 11.5 Å². The minimum atomic E-state index is 0.381. The first-order valence-electron chi connectivity index (χ1n) is 7.91. The lowest BCUT2D eigenvalue weighted by Gasteiger charge is -2.33. The average Bonchev–Trinajstić information content (AvgIpc) is 2.30. The van der Waals surface area contributed by atoms with Gasteiger partial charge in [-0.15, -0.1) is 0 Å². The fraction of sp³-hybridized carbons (Fsp3) is 1.00. The van der Waals surface area contributed by atoms with Gasteiger partial charge in [-0.2, -0.15) is 0 Å². The molecular formula is C16H34N2. The lowest BCUT2D eigenvalue weighted by Crippen LogP contribution is -2.35. The van der Waals surface area contributed by atoms with Crippen molar-refractivity contribution in [2.75, 3.05) is 0 Å². The van der Waals surface area contributed by atoms with E-state index in [0.29, 0.717) is 23.9 Å². The van der Waals surface area contributed by atoms with Crippen molar-refractivity contribution in [3.8, 4) is 0 Å². The van der Waals surface area contributed by atoms with E-state index in [-0.39, 0.29) is 0 Å². The number of nitrogens with two attached hydrogens (primary N) is 2. The zero-order valence-electron chi connectivity index (χ0n) is 12.9. The Morgan fingerprint density at radius 3 is 2.33 bits per heavy atom. The van der Waals surface area contributed by atoms with Crippen molar-refractivity contribution in [1.82, 2.24) is 0 Å². The molecule has 4 N–H and O–H groups in total. The molecule has 0 aromatic rings. The summed E-state index contributed by atoms with van der Waals surface area (Å²) in [5, 5.41) is 0. The minimum absolute atomic E-state index is 0.381. The second-order valence-corrected chi connectivity index (χ2v) is 7.15. The third-order valence-corrected chi connectivity index (χ3v) is 4.93. The average molecular weight is 254 g/mol. The van der Waals surface area contributed by atoms with Crippen molar-refractivity contribution in [2.45, 2.75) is 78.3 Å². The summed E-state index contributed by atoms with van der Waals surface area (Å²) in [6, 6.07) is 0.831. The number of rotatable bonds is 6. The van der Waals surface area contributed by atoms with Crippen LogP contribution in [-0.2, 0) is 0 Å². The highest BCUT2D eigenvalue weighted by atomic mass is 14.7. The summed E-state index contributed by atoms with van der Waals surface area (Å²) in [6.07, 6.45) is 7.75. The molecule has 1 fully saturated rings. The molecule has 0 heterocycles. The summed E-state index contributed by atoms with van der Waals surface area (Å²) in [4.78, 5) is 0. The molecule has 5 unspecified atom stereocenters. The molecule has 5 atom stereocenters. The Hall–Kier alpha value is -0.0800. The van der Waals surface area contributed by atoms with Gasteiger partial charge in [-0.3, -0.25) is 0 Å². The molecular weight excluding hydrogens is 220 g/mol. The molecule has 108 valence electrons. The summed E-state index contributed by atoms with van der Waals surface area (Å²) < 4.78 is 0. The minimum Gasteiger partial charge on any atom is -0.327 e. The van der Waals surface area contributed by atoms with Crippen LogP contribution in [-0.4, -0.2) is 12.1 Å². The van der Waals surface area contributed by atoms with Gasteiger partial charge in [-0.05, 0) is 62.2 Å². The molecule has 0 aliphatic heterocycles. The first-order valence-corrected chi connectivity index (χ1v) is 7.91. The predicted octanol–water partition coefficient (Wildman–Crippen LogP) is 3.54. The largest absolute Gasteiger partial charge is 0.327 e. The van der Waals surface area contributed by atoms with Gasteiger partial charge in [0.15, 0.2) is 0 Å². The van der Waals surface area contributed by atoms with Crippen molar-refractivity contribution in [2.24, 2.45) is 35.1 Å². The smallest absolute Gasteiger partial charge is 0.00647 e. The van der Waals surface area contributed by atoms with Gasteiger partial charge in [-0.1, -0.05) is 27.7 Å². The van der Waals surface area contributed by atoms with E-state index in [1.54, 1.807) is 0 Å². The van der Waals surface area contributed by atoms with E-state index in [9.17, 15) is 0 Å². The third kappa shape index (κ3) is 5.27. The first kappa shape index (κ1) is 16.0. The van der Waals surface area contributed by atoms with Crippen LogP contribution in [0.4, 0.5) is 0 Å². The van der Waals surface area contributed by atoms with Crippen LogP contribution in [0.5, 0.6) is 0 Å². The molecule has 1 aliphatic rings. The van der Waals surface area contributed by atoms with E-state index in [1.807, 2.05) is 0 Å². The fourth-order valence-electron chi connectivity index (χ4n) is 3.24. The number of hydrogen-bond acceptors (Lipinski definition) is 2. The van der Waals surface area contributed by atoms with Crippen molar-refractivity contribution < 1.29 is 0 Å². The maximum atomic E-state index is 6.12. The zero-order chi connectivity index (χ0) is 13.7. The van der Waals surface area contributed by atoms with Crippen LogP contribution in [0, 0.1) is 23.7 Å². The van der Waals surface area contributed by atoms with Crippen LogP contribution in [0.3, 0.4) is 0 Å². The molecule has 0 aromatic carbocycles. The highest BCUT2D eigenvalue weighted by molar-refractivity contribution is 4.81. The number of hydrogen-bond donors (Lipinski definition) is 2. The van der Waals surface area contributed by atoms with E-state index in [0.717, 1.165) is 11.8 Å². The van der Waals surface area contributed by atoms with E-state index >= 15 is 0 Å². The van der Waals surface area contributed by atoms with Crippen molar-refractivity contribution >= 4 is 0 Å². The van der Waals surface area contributed by atoms with Crippen molar-refractivity contribution in [3.05, 3.63) is 0 Å². The monoisotopic (exact) mass is 254 g/mol. The molecule has 1 rings (SSSR count). The molecule has 1 saturated carbocycles. The third-order valence-electron chi connectivity index (χ3n) is 4.93. The van der Waals surface area contributed by atoms with E-state index in [2.05, 4.69) is 27.7 Å². The van der Waals surface area contributed by atoms with Crippen LogP contribution in [0.15, 0.2) is 0 Å². The summed E-state index contributed by atoms with van der Waals surface area (Å²) in [6.45, 7) is 9.15. The summed E-state index contributed by atoms with van der Waals surface area (Å²) >= 11 is 0. The van der Waals surface area contributed by atoms with Crippen molar-refractivity contribution in [3.63, 3.8) is 0 Å². The van der Waals surface area contributed by atoms with Crippen LogP contribution in [0.25, 0.3) is 0 Å². The molecule has 0 spiro atoms. The van der Waals surface area contributed by atoms with Gasteiger partial charge in [-0.25, -0.2) is 0 Å². The highest BCUT2D eigenvalue weighted by Gasteiger charge is 2.26. The topological polar surface area (TPSA) is 52.0 Å². The molecule has 0 bridgehead atoms. The lowest BCUT2D eigenvalue weighted by molar-refractivity contribution is 0.212. The zero-order valence-corrected chi connectivity index (χ0v) is 12.9. The maximum Gasteiger partial charge on any atom is 0.00647 e. The Kier molecular flexibility index (Phi) is 6.65. The quantitative estimate of drug-likeness (QED) is 0.761. The van der Waals surface area contributed by atoms with Gasteiger partial charge in [0.1, 0.15) is 0 Å². The molecule has 1 aliphatic carbocycles. The molecule has 0 radical (unpaired) electrons. The molecule has 18 heavy (non-hydrogen) atoms. The van der Waals surface area contributed by atoms with E-state index < -0.39 is 0 Å². The fourth-order valence-corrected chi connectivity index (χ4v) is 3.24. The first-order chi connectivity index (χ1) is 8.40. The summed E-state index contributed by atoms with van der Waals surface area (Å²) in [5.74, 6) is 3.06. The standard InChI is InChI=1S/C16H34N2/c1-11(2)15(17)7-5-12(3)9-14-6-8-16(18)13(4)10-14/h11-16H,5-10,17-18H2,1-4H3. The van der Waals surface area contributed by atoms with Crippen LogP contribution in [0.1, 0.15) is 66.2 Å². The highest BCUT2D eigenvalue weighted by Crippen LogP contribution is 2.33. The SMILES string of the molecule is CC(CCC(N)C(C)C)CC1CCC(N)C(C)C1. The summed E-state index contributed by atoms with van der Waals surface area (Å²) in [5.41, 5.74) is 12.2. The van der Waals surface area contributed by atoms with Crippen LogP contribution >= 0.6 is 0 Å². The van der Waals surface area contributed by atoms with Gasteiger partial charge in [0.2, 0.25) is 0 Å². The predicted molar refractivity (Wildman–Crippen MR) is 80.3 cm³/mol.